The lowest BCUT2D eigenvalue weighted by Gasteiger charge is -2.30. The summed E-state index contributed by atoms with van der Waals surface area (Å²) >= 11 is 0. The van der Waals surface area contributed by atoms with Crippen molar-refractivity contribution in [2.24, 2.45) is 11.8 Å². The minimum atomic E-state index is -0.910. The summed E-state index contributed by atoms with van der Waals surface area (Å²) in [6.45, 7) is 2.53. The quantitative estimate of drug-likeness (QED) is 0.757. The van der Waals surface area contributed by atoms with Gasteiger partial charge in [-0.2, -0.15) is 0 Å². The predicted octanol–water partition coefficient (Wildman–Crippen LogP) is 0.862. The summed E-state index contributed by atoms with van der Waals surface area (Å²) in [5.41, 5.74) is 0. The summed E-state index contributed by atoms with van der Waals surface area (Å²) in [7, 11) is 1.56. The highest BCUT2D eigenvalue weighted by atomic mass is 16.4. The number of amides is 2. The van der Waals surface area contributed by atoms with Gasteiger partial charge in [-0.15, -0.1) is 0 Å². The molecule has 1 aliphatic carbocycles. The van der Waals surface area contributed by atoms with E-state index in [1.165, 1.54) is 4.90 Å². The number of carboxylic acid groups (broad SMARTS) is 1. The maximum absolute atomic E-state index is 12.3. The second-order valence-corrected chi connectivity index (χ2v) is 5.38. The van der Waals surface area contributed by atoms with Gasteiger partial charge in [-0.1, -0.05) is 19.8 Å². The Kier molecular flexibility index (Phi) is 6.48. The van der Waals surface area contributed by atoms with Crippen LogP contribution in [0.4, 0.5) is 0 Å². The molecule has 0 saturated heterocycles. The van der Waals surface area contributed by atoms with Crippen molar-refractivity contribution in [3.8, 4) is 0 Å². The van der Waals surface area contributed by atoms with E-state index >= 15 is 0 Å². The van der Waals surface area contributed by atoms with E-state index in [1.54, 1.807) is 7.05 Å². The zero-order valence-corrected chi connectivity index (χ0v) is 12.2. The molecular formula is C14H24N2O4. The maximum atomic E-state index is 12.3. The van der Waals surface area contributed by atoms with Crippen molar-refractivity contribution < 1.29 is 19.5 Å². The molecule has 0 spiro atoms. The number of carboxylic acids is 1. The number of nitrogens with zero attached hydrogens (tertiary/aromatic N) is 1. The molecule has 0 radical (unpaired) electrons. The van der Waals surface area contributed by atoms with Gasteiger partial charge in [0.2, 0.25) is 11.8 Å². The summed E-state index contributed by atoms with van der Waals surface area (Å²) in [4.78, 5) is 36.4. The fourth-order valence-electron chi connectivity index (χ4n) is 2.62. The van der Waals surface area contributed by atoms with Crippen LogP contribution in [0.15, 0.2) is 0 Å². The minimum absolute atomic E-state index is 0.0122. The number of rotatable bonds is 6. The van der Waals surface area contributed by atoms with Crippen LogP contribution < -0.4 is 5.32 Å². The first-order chi connectivity index (χ1) is 9.47. The molecule has 0 aromatic heterocycles. The first kappa shape index (κ1) is 16.5. The molecule has 0 aliphatic heterocycles. The zero-order chi connectivity index (χ0) is 15.1. The topological polar surface area (TPSA) is 86.7 Å². The van der Waals surface area contributed by atoms with Gasteiger partial charge in [-0.3, -0.25) is 14.4 Å². The van der Waals surface area contributed by atoms with Gasteiger partial charge in [-0.25, -0.2) is 0 Å². The van der Waals surface area contributed by atoms with Crippen LogP contribution in [0.2, 0.25) is 0 Å². The van der Waals surface area contributed by atoms with E-state index in [1.807, 2.05) is 6.92 Å². The molecule has 2 amide bonds. The molecule has 114 valence electrons. The molecule has 1 aliphatic rings. The minimum Gasteiger partial charge on any atom is -0.481 e. The number of carbonyl (C=O) groups is 3. The van der Waals surface area contributed by atoms with Gasteiger partial charge in [-0.05, 0) is 19.3 Å². The molecule has 1 fully saturated rings. The van der Waals surface area contributed by atoms with E-state index in [0.717, 1.165) is 19.3 Å². The molecule has 20 heavy (non-hydrogen) atoms. The van der Waals surface area contributed by atoms with E-state index in [0.29, 0.717) is 19.4 Å². The molecular weight excluding hydrogens is 260 g/mol. The van der Waals surface area contributed by atoms with Crippen molar-refractivity contribution in [2.45, 2.75) is 39.0 Å². The van der Waals surface area contributed by atoms with E-state index in [2.05, 4.69) is 5.32 Å². The Morgan fingerprint density at radius 2 is 1.80 bits per heavy atom. The van der Waals surface area contributed by atoms with Crippen LogP contribution in [0, 0.1) is 11.8 Å². The largest absolute Gasteiger partial charge is 0.481 e. The predicted molar refractivity (Wildman–Crippen MR) is 74.0 cm³/mol. The summed E-state index contributed by atoms with van der Waals surface area (Å²) in [5.74, 6) is -2.45. The molecule has 0 bridgehead atoms. The Bertz CT molecular complexity index is 370. The maximum Gasteiger partial charge on any atom is 0.307 e. The van der Waals surface area contributed by atoms with Gasteiger partial charge in [0.05, 0.1) is 18.4 Å². The molecule has 6 heteroatoms. The van der Waals surface area contributed by atoms with Gasteiger partial charge in [0.15, 0.2) is 0 Å². The number of hydrogen-bond acceptors (Lipinski definition) is 3. The Balaban J connectivity index is 2.57. The Labute approximate surface area is 119 Å². The van der Waals surface area contributed by atoms with Crippen LogP contribution in [-0.2, 0) is 14.4 Å². The van der Waals surface area contributed by atoms with Crippen molar-refractivity contribution in [3.63, 3.8) is 0 Å². The molecule has 0 unspecified atom stereocenters. The van der Waals surface area contributed by atoms with Crippen LogP contribution in [0.25, 0.3) is 0 Å². The third kappa shape index (κ3) is 4.51. The number of nitrogens with one attached hydrogen (secondary N) is 1. The lowest BCUT2D eigenvalue weighted by molar-refractivity contribution is -0.152. The molecule has 2 atom stereocenters. The summed E-state index contributed by atoms with van der Waals surface area (Å²) in [6, 6.07) is 0. The van der Waals surface area contributed by atoms with Crippen LogP contribution in [-0.4, -0.2) is 47.9 Å². The fourth-order valence-corrected chi connectivity index (χ4v) is 2.62. The molecule has 2 N–H and O–H groups in total. The zero-order valence-electron chi connectivity index (χ0n) is 12.2. The van der Waals surface area contributed by atoms with Crippen molar-refractivity contribution in [2.75, 3.05) is 20.1 Å². The van der Waals surface area contributed by atoms with Crippen molar-refractivity contribution in [3.05, 3.63) is 0 Å². The third-order valence-corrected chi connectivity index (χ3v) is 3.73. The highest BCUT2D eigenvalue weighted by Gasteiger charge is 2.37. The molecule has 6 nitrogen and oxygen atoms in total. The van der Waals surface area contributed by atoms with Crippen molar-refractivity contribution in [1.82, 2.24) is 10.2 Å². The van der Waals surface area contributed by atoms with E-state index in [9.17, 15) is 19.5 Å². The molecule has 0 aromatic rings. The van der Waals surface area contributed by atoms with Gasteiger partial charge in [0.1, 0.15) is 0 Å². The van der Waals surface area contributed by atoms with Gasteiger partial charge >= 0.3 is 5.97 Å². The third-order valence-electron chi connectivity index (χ3n) is 3.73. The van der Waals surface area contributed by atoms with Crippen LogP contribution in [0.1, 0.15) is 39.0 Å². The van der Waals surface area contributed by atoms with Crippen molar-refractivity contribution in [1.29, 1.82) is 0 Å². The van der Waals surface area contributed by atoms with E-state index < -0.39 is 17.8 Å². The SMILES string of the molecule is CCCNC(=O)CN(C)C(=O)[C@@H]1CCCC[C@@H]1C(=O)O. The Morgan fingerprint density at radius 1 is 1.20 bits per heavy atom. The summed E-state index contributed by atoms with van der Waals surface area (Å²) in [6.07, 6.45) is 3.70. The van der Waals surface area contributed by atoms with Crippen LogP contribution >= 0.6 is 0 Å². The average molecular weight is 284 g/mol. The molecule has 0 heterocycles. The van der Waals surface area contributed by atoms with Gasteiger partial charge in [0.25, 0.3) is 0 Å². The number of aliphatic carboxylic acids is 1. The normalized spacial score (nSPS) is 22.1. The number of carbonyl (C=O) groups excluding carboxylic acids is 2. The average Bonchev–Trinajstić information content (AvgIpc) is 2.44. The second kappa shape index (κ2) is 7.87. The standard InChI is InChI=1S/C14H24N2O4/c1-3-8-15-12(17)9-16(2)13(18)10-6-4-5-7-11(10)14(19)20/h10-11H,3-9H2,1-2H3,(H,15,17)(H,19,20)/t10-,11+/m1/s1. The van der Waals surface area contributed by atoms with E-state index in [4.69, 9.17) is 0 Å². The molecule has 1 saturated carbocycles. The monoisotopic (exact) mass is 284 g/mol. The smallest absolute Gasteiger partial charge is 0.307 e. The first-order valence-electron chi connectivity index (χ1n) is 7.21. The van der Waals surface area contributed by atoms with E-state index in [-0.39, 0.29) is 18.4 Å². The highest BCUT2D eigenvalue weighted by Crippen LogP contribution is 2.31. The summed E-state index contributed by atoms with van der Waals surface area (Å²) < 4.78 is 0. The Hall–Kier alpha value is -1.59. The first-order valence-corrected chi connectivity index (χ1v) is 7.21. The Morgan fingerprint density at radius 3 is 2.35 bits per heavy atom. The van der Waals surface area contributed by atoms with Crippen LogP contribution in [0.3, 0.4) is 0 Å². The molecule has 0 aromatic carbocycles. The van der Waals surface area contributed by atoms with Crippen molar-refractivity contribution >= 4 is 17.8 Å². The lowest BCUT2D eigenvalue weighted by atomic mass is 9.78. The van der Waals surface area contributed by atoms with Crippen LogP contribution in [0.5, 0.6) is 0 Å². The van der Waals surface area contributed by atoms with Gasteiger partial charge < -0.3 is 15.3 Å². The summed E-state index contributed by atoms with van der Waals surface area (Å²) in [5, 5.41) is 11.9. The highest BCUT2D eigenvalue weighted by molar-refractivity contribution is 5.88. The number of likely N-dealkylation sites (N-methyl/N-ethyl adjacent to an activating group) is 1. The number of hydrogen-bond donors (Lipinski definition) is 2. The lowest BCUT2D eigenvalue weighted by Crippen LogP contribution is -2.44. The second-order valence-electron chi connectivity index (χ2n) is 5.38. The van der Waals surface area contributed by atoms with Gasteiger partial charge in [0, 0.05) is 13.6 Å². The fraction of sp³-hybridized carbons (Fsp3) is 0.786. The molecule has 1 rings (SSSR count).